The summed E-state index contributed by atoms with van der Waals surface area (Å²) in [6, 6.07) is 5.58. The first-order valence-corrected chi connectivity index (χ1v) is 9.82. The standard InChI is InChI=1S/C21H27F3N4O3/c1-5-15-12-26-18(27-13-15)28(11-10-25-19(29)31-20(2,3)4)14-16-6-8-17(9-7-16)30-21(22,23)24/h6-9,12-13H,5,10-11,14H2,1-4H3,(H,25,29). The first-order valence-electron chi connectivity index (χ1n) is 9.82. The lowest BCUT2D eigenvalue weighted by atomic mass is 10.2. The maximum absolute atomic E-state index is 12.4. The van der Waals surface area contributed by atoms with Crippen molar-refractivity contribution in [1.82, 2.24) is 15.3 Å². The molecule has 1 N–H and O–H groups in total. The van der Waals surface area contributed by atoms with Crippen LogP contribution in [0.5, 0.6) is 5.75 Å². The van der Waals surface area contributed by atoms with Gasteiger partial charge < -0.3 is 19.7 Å². The van der Waals surface area contributed by atoms with Crippen LogP contribution in [0.25, 0.3) is 0 Å². The van der Waals surface area contributed by atoms with Crippen molar-refractivity contribution in [3.8, 4) is 5.75 Å². The Balaban J connectivity index is 2.07. The Kier molecular flexibility index (Phi) is 8.07. The average Bonchev–Trinajstić information content (AvgIpc) is 2.66. The molecule has 0 atom stereocenters. The van der Waals surface area contributed by atoms with Gasteiger partial charge in [-0.3, -0.25) is 0 Å². The molecule has 0 saturated heterocycles. The van der Waals surface area contributed by atoms with Crippen LogP contribution >= 0.6 is 0 Å². The number of alkyl carbamates (subject to hydrolysis) is 1. The minimum atomic E-state index is -4.74. The molecular weight excluding hydrogens is 413 g/mol. The molecule has 0 fully saturated rings. The van der Waals surface area contributed by atoms with Gasteiger partial charge in [-0.2, -0.15) is 0 Å². The topological polar surface area (TPSA) is 76.6 Å². The van der Waals surface area contributed by atoms with E-state index in [0.717, 1.165) is 17.5 Å². The fourth-order valence-electron chi connectivity index (χ4n) is 2.57. The third-order valence-corrected chi connectivity index (χ3v) is 3.96. The lowest BCUT2D eigenvalue weighted by molar-refractivity contribution is -0.274. The number of anilines is 1. The molecule has 0 aliphatic heterocycles. The number of amides is 1. The molecular formula is C21H27F3N4O3. The molecule has 10 heteroatoms. The Hall–Kier alpha value is -3.04. The number of hydrogen-bond acceptors (Lipinski definition) is 6. The van der Waals surface area contributed by atoms with Gasteiger partial charge in [-0.15, -0.1) is 13.2 Å². The Morgan fingerprint density at radius 3 is 2.19 bits per heavy atom. The largest absolute Gasteiger partial charge is 0.573 e. The van der Waals surface area contributed by atoms with Crippen LogP contribution in [0.3, 0.4) is 0 Å². The summed E-state index contributed by atoms with van der Waals surface area (Å²) in [5.41, 5.74) is 1.10. The highest BCUT2D eigenvalue weighted by molar-refractivity contribution is 5.67. The summed E-state index contributed by atoms with van der Waals surface area (Å²) < 4.78 is 46.2. The van der Waals surface area contributed by atoms with E-state index in [0.29, 0.717) is 19.0 Å². The molecule has 31 heavy (non-hydrogen) atoms. The van der Waals surface area contributed by atoms with Crippen LogP contribution in [0, 0.1) is 0 Å². The number of carbonyl (C=O) groups excluding carboxylic acids is 1. The molecule has 0 saturated carbocycles. The number of hydrogen-bond donors (Lipinski definition) is 1. The van der Waals surface area contributed by atoms with E-state index in [1.807, 2.05) is 11.8 Å². The molecule has 1 amide bonds. The predicted molar refractivity (Wildman–Crippen MR) is 110 cm³/mol. The summed E-state index contributed by atoms with van der Waals surface area (Å²) in [7, 11) is 0. The summed E-state index contributed by atoms with van der Waals surface area (Å²) in [4.78, 5) is 22.4. The summed E-state index contributed by atoms with van der Waals surface area (Å²) in [5.74, 6) is 0.150. The highest BCUT2D eigenvalue weighted by atomic mass is 19.4. The number of nitrogens with zero attached hydrogens (tertiary/aromatic N) is 3. The highest BCUT2D eigenvalue weighted by Gasteiger charge is 2.31. The lowest BCUT2D eigenvalue weighted by Gasteiger charge is -2.24. The third-order valence-electron chi connectivity index (χ3n) is 3.96. The van der Waals surface area contributed by atoms with Crippen LogP contribution in [0.15, 0.2) is 36.7 Å². The smallest absolute Gasteiger partial charge is 0.444 e. The Morgan fingerprint density at radius 2 is 1.68 bits per heavy atom. The van der Waals surface area contributed by atoms with E-state index < -0.39 is 18.1 Å². The minimum absolute atomic E-state index is 0.267. The first-order chi connectivity index (χ1) is 14.4. The third kappa shape index (κ3) is 9.10. The van der Waals surface area contributed by atoms with Crippen LogP contribution in [-0.2, 0) is 17.7 Å². The highest BCUT2D eigenvalue weighted by Crippen LogP contribution is 2.23. The number of halogens is 3. The van der Waals surface area contributed by atoms with Crippen LogP contribution in [0.2, 0.25) is 0 Å². The maximum Gasteiger partial charge on any atom is 0.573 e. The second-order valence-corrected chi connectivity index (χ2v) is 7.79. The van der Waals surface area contributed by atoms with E-state index in [-0.39, 0.29) is 12.3 Å². The van der Waals surface area contributed by atoms with Gasteiger partial charge in [0.15, 0.2) is 0 Å². The van der Waals surface area contributed by atoms with E-state index >= 15 is 0 Å². The number of aryl methyl sites for hydroxylation is 1. The number of aromatic nitrogens is 2. The Bertz CT molecular complexity index is 835. The van der Waals surface area contributed by atoms with Crippen molar-refractivity contribution < 1.29 is 27.4 Å². The SMILES string of the molecule is CCc1cnc(N(CCNC(=O)OC(C)(C)C)Cc2ccc(OC(F)(F)F)cc2)nc1. The zero-order chi connectivity index (χ0) is 23.1. The average molecular weight is 440 g/mol. The Labute approximate surface area is 179 Å². The van der Waals surface area contributed by atoms with E-state index in [9.17, 15) is 18.0 Å². The van der Waals surface area contributed by atoms with Gasteiger partial charge in [0.2, 0.25) is 5.95 Å². The normalized spacial score (nSPS) is 11.7. The number of ether oxygens (including phenoxy) is 2. The lowest BCUT2D eigenvalue weighted by Crippen LogP contribution is -2.38. The first kappa shape index (κ1) is 24.2. The number of rotatable bonds is 8. The zero-order valence-electron chi connectivity index (χ0n) is 18.0. The van der Waals surface area contributed by atoms with Gasteiger partial charge in [0.05, 0.1) is 0 Å². The summed E-state index contributed by atoms with van der Waals surface area (Å²) in [6.07, 6.45) is -1.05. The van der Waals surface area contributed by atoms with Gasteiger partial charge >= 0.3 is 12.5 Å². The van der Waals surface area contributed by atoms with Gasteiger partial charge in [-0.1, -0.05) is 19.1 Å². The molecule has 0 unspecified atom stereocenters. The summed E-state index contributed by atoms with van der Waals surface area (Å²) >= 11 is 0. The van der Waals surface area contributed by atoms with E-state index in [1.165, 1.54) is 24.3 Å². The fraction of sp³-hybridized carbons (Fsp3) is 0.476. The second-order valence-electron chi connectivity index (χ2n) is 7.79. The number of benzene rings is 1. The number of nitrogens with one attached hydrogen (secondary N) is 1. The van der Waals surface area contributed by atoms with Crippen LogP contribution < -0.4 is 15.0 Å². The van der Waals surface area contributed by atoms with E-state index in [1.54, 1.807) is 33.2 Å². The molecule has 1 aromatic carbocycles. The van der Waals surface area contributed by atoms with E-state index in [4.69, 9.17) is 4.74 Å². The van der Waals surface area contributed by atoms with Crippen LogP contribution in [-0.4, -0.2) is 41.1 Å². The molecule has 1 heterocycles. The molecule has 7 nitrogen and oxygen atoms in total. The molecule has 0 aliphatic rings. The fourth-order valence-corrected chi connectivity index (χ4v) is 2.57. The van der Waals surface area contributed by atoms with Crippen molar-refractivity contribution in [3.05, 3.63) is 47.8 Å². The quantitative estimate of drug-likeness (QED) is 0.653. The van der Waals surface area contributed by atoms with E-state index in [2.05, 4.69) is 20.0 Å². The van der Waals surface area contributed by atoms with Gasteiger partial charge in [0.25, 0.3) is 0 Å². The van der Waals surface area contributed by atoms with Crippen molar-refractivity contribution in [2.45, 2.75) is 52.6 Å². The summed E-state index contributed by atoms with van der Waals surface area (Å²) in [6.45, 7) is 8.27. The zero-order valence-corrected chi connectivity index (χ0v) is 18.0. The molecule has 170 valence electrons. The van der Waals surface area contributed by atoms with Crippen LogP contribution in [0.1, 0.15) is 38.8 Å². The number of alkyl halides is 3. The Morgan fingerprint density at radius 1 is 1.06 bits per heavy atom. The van der Waals surface area contributed by atoms with Crippen LogP contribution in [0.4, 0.5) is 23.9 Å². The maximum atomic E-state index is 12.4. The number of carbonyl (C=O) groups is 1. The van der Waals surface area contributed by atoms with Crippen molar-refractivity contribution >= 4 is 12.0 Å². The van der Waals surface area contributed by atoms with Gasteiger partial charge in [0.1, 0.15) is 11.4 Å². The van der Waals surface area contributed by atoms with Crippen molar-refractivity contribution in [1.29, 1.82) is 0 Å². The molecule has 0 radical (unpaired) electrons. The van der Waals surface area contributed by atoms with Gasteiger partial charge in [-0.05, 0) is 50.5 Å². The molecule has 2 aromatic rings. The monoisotopic (exact) mass is 440 g/mol. The van der Waals surface area contributed by atoms with Crippen molar-refractivity contribution in [2.24, 2.45) is 0 Å². The second kappa shape index (κ2) is 10.3. The van der Waals surface area contributed by atoms with Gasteiger partial charge in [0, 0.05) is 32.0 Å². The molecule has 0 spiro atoms. The minimum Gasteiger partial charge on any atom is -0.444 e. The van der Waals surface area contributed by atoms with Gasteiger partial charge in [-0.25, -0.2) is 14.8 Å². The van der Waals surface area contributed by atoms with Crippen molar-refractivity contribution in [2.75, 3.05) is 18.0 Å². The molecule has 0 bridgehead atoms. The molecule has 0 aliphatic carbocycles. The predicted octanol–water partition coefficient (Wildman–Crippen LogP) is 4.47. The molecule has 1 aromatic heterocycles. The summed E-state index contributed by atoms with van der Waals surface area (Å²) in [5, 5.41) is 2.68. The van der Waals surface area contributed by atoms with Crippen molar-refractivity contribution in [3.63, 3.8) is 0 Å². The molecule has 2 rings (SSSR count).